The molecule has 4 aromatic rings. The maximum atomic E-state index is 13.0. The molecule has 0 aliphatic carbocycles. The molecule has 0 saturated carbocycles. The number of aromatic nitrogens is 1. The van der Waals surface area contributed by atoms with Crippen molar-refractivity contribution in [3.05, 3.63) is 99.8 Å². The number of benzene rings is 3. The average molecular weight is 593 g/mol. The van der Waals surface area contributed by atoms with E-state index in [2.05, 4.69) is 26.2 Å². The second-order valence-electron chi connectivity index (χ2n) is 8.86. The van der Waals surface area contributed by atoms with Gasteiger partial charge in [0.25, 0.3) is 0 Å². The van der Waals surface area contributed by atoms with E-state index in [0.717, 1.165) is 39.0 Å². The molecule has 3 aromatic carbocycles. The highest BCUT2D eigenvalue weighted by molar-refractivity contribution is 9.10. The van der Waals surface area contributed by atoms with E-state index in [9.17, 15) is 9.59 Å². The molecule has 1 fully saturated rings. The first-order chi connectivity index (χ1) is 18.5. The Morgan fingerprint density at radius 3 is 2.47 bits per heavy atom. The fraction of sp³-hybridized carbons (Fsp3) is 0.207. The Balaban J connectivity index is 1.14. The molecule has 1 saturated heterocycles. The standard InChI is InChI=1S/C29H26BrN3O4S/c30-23-12-8-21(9-13-23)17-36-24-14-10-22(11-15-24)25-19-38-28(31-25)32-27(34)26-7-4-16-33(26)29(35)37-18-20-5-2-1-3-6-20/h1-3,5-6,8-15,19,26H,4,7,16-18H2,(H,31,32,34). The van der Waals surface area contributed by atoms with E-state index in [1.165, 1.54) is 16.2 Å². The van der Waals surface area contributed by atoms with E-state index in [1.54, 1.807) is 0 Å². The molecule has 0 spiro atoms. The highest BCUT2D eigenvalue weighted by atomic mass is 79.9. The molecule has 1 aliphatic rings. The molecule has 1 aliphatic heterocycles. The number of hydrogen-bond donors (Lipinski definition) is 1. The minimum absolute atomic E-state index is 0.175. The SMILES string of the molecule is O=C(Nc1nc(-c2ccc(OCc3ccc(Br)cc3)cc2)cs1)C1CCCN1C(=O)OCc1ccccc1. The Morgan fingerprint density at radius 2 is 1.71 bits per heavy atom. The van der Waals surface area contributed by atoms with Crippen LogP contribution in [0.4, 0.5) is 9.93 Å². The number of ether oxygens (including phenoxy) is 2. The van der Waals surface area contributed by atoms with Crippen molar-refractivity contribution in [2.45, 2.75) is 32.1 Å². The molecule has 0 bridgehead atoms. The van der Waals surface area contributed by atoms with Crippen molar-refractivity contribution in [3.63, 3.8) is 0 Å². The van der Waals surface area contributed by atoms with Gasteiger partial charge in [0.1, 0.15) is 25.0 Å². The van der Waals surface area contributed by atoms with Crippen molar-refractivity contribution in [2.24, 2.45) is 0 Å². The first kappa shape index (κ1) is 25.9. The van der Waals surface area contributed by atoms with E-state index in [0.29, 0.717) is 24.7 Å². The number of nitrogens with one attached hydrogen (secondary N) is 1. The van der Waals surface area contributed by atoms with Crippen molar-refractivity contribution in [3.8, 4) is 17.0 Å². The van der Waals surface area contributed by atoms with Gasteiger partial charge >= 0.3 is 6.09 Å². The molecular formula is C29H26BrN3O4S. The molecule has 1 N–H and O–H groups in total. The van der Waals surface area contributed by atoms with Crippen molar-refractivity contribution in [2.75, 3.05) is 11.9 Å². The lowest BCUT2D eigenvalue weighted by molar-refractivity contribution is -0.120. The van der Waals surface area contributed by atoms with Crippen molar-refractivity contribution in [1.82, 2.24) is 9.88 Å². The van der Waals surface area contributed by atoms with Crippen LogP contribution in [-0.4, -0.2) is 34.5 Å². The number of thiazole rings is 1. The Bertz CT molecular complexity index is 1380. The van der Waals surface area contributed by atoms with Gasteiger partial charge in [-0.3, -0.25) is 9.69 Å². The van der Waals surface area contributed by atoms with Crippen LogP contribution in [0.5, 0.6) is 5.75 Å². The number of carbonyl (C=O) groups excluding carboxylic acids is 2. The van der Waals surface area contributed by atoms with E-state index in [4.69, 9.17) is 9.47 Å². The van der Waals surface area contributed by atoms with Crippen molar-refractivity contribution >= 4 is 44.4 Å². The smallest absolute Gasteiger partial charge is 0.410 e. The fourth-order valence-corrected chi connectivity index (χ4v) is 5.17. The summed E-state index contributed by atoms with van der Waals surface area (Å²) in [5.74, 6) is 0.512. The third kappa shape index (κ3) is 6.59. The molecule has 1 atom stereocenters. The Labute approximate surface area is 233 Å². The van der Waals surface area contributed by atoms with Crippen LogP contribution in [0.15, 0.2) is 88.7 Å². The van der Waals surface area contributed by atoms with Crippen LogP contribution in [-0.2, 0) is 22.7 Å². The molecule has 0 radical (unpaired) electrons. The van der Waals surface area contributed by atoms with Gasteiger partial charge in [-0.05, 0) is 60.4 Å². The number of carbonyl (C=O) groups is 2. The van der Waals surface area contributed by atoms with E-state index in [-0.39, 0.29) is 12.5 Å². The van der Waals surface area contributed by atoms with Gasteiger partial charge in [-0.15, -0.1) is 11.3 Å². The van der Waals surface area contributed by atoms with Crippen LogP contribution in [0.3, 0.4) is 0 Å². The predicted molar refractivity (Wildman–Crippen MR) is 151 cm³/mol. The van der Waals surface area contributed by atoms with E-state index in [1.807, 2.05) is 84.2 Å². The first-order valence-corrected chi connectivity index (χ1v) is 13.9. The maximum absolute atomic E-state index is 13.0. The monoisotopic (exact) mass is 591 g/mol. The summed E-state index contributed by atoms with van der Waals surface area (Å²) < 4.78 is 12.4. The second-order valence-corrected chi connectivity index (χ2v) is 10.6. The zero-order valence-electron chi connectivity index (χ0n) is 20.5. The number of rotatable bonds is 8. The normalized spacial score (nSPS) is 14.8. The summed E-state index contributed by atoms with van der Waals surface area (Å²) in [6, 6.07) is 24.6. The van der Waals surface area contributed by atoms with Gasteiger partial charge in [-0.2, -0.15) is 0 Å². The predicted octanol–water partition coefficient (Wildman–Crippen LogP) is 6.89. The lowest BCUT2D eigenvalue weighted by Gasteiger charge is -2.22. The topological polar surface area (TPSA) is 80.8 Å². The van der Waals surface area contributed by atoms with Gasteiger partial charge in [0, 0.05) is 22.0 Å². The lowest BCUT2D eigenvalue weighted by Crippen LogP contribution is -2.43. The summed E-state index contributed by atoms with van der Waals surface area (Å²) in [7, 11) is 0. The quantitative estimate of drug-likeness (QED) is 0.241. The van der Waals surface area contributed by atoms with Crippen molar-refractivity contribution < 1.29 is 19.1 Å². The Morgan fingerprint density at radius 1 is 0.974 bits per heavy atom. The summed E-state index contributed by atoms with van der Waals surface area (Å²) in [4.78, 5) is 31.7. The Kier molecular flexibility index (Phi) is 8.35. The molecule has 2 heterocycles. The van der Waals surface area contributed by atoms with Crippen LogP contribution in [0.25, 0.3) is 11.3 Å². The second kappa shape index (κ2) is 12.2. The highest BCUT2D eigenvalue weighted by Gasteiger charge is 2.35. The molecular weight excluding hydrogens is 566 g/mol. The lowest BCUT2D eigenvalue weighted by atomic mass is 10.2. The summed E-state index contributed by atoms with van der Waals surface area (Å²) in [5.41, 5.74) is 3.67. The first-order valence-electron chi connectivity index (χ1n) is 12.3. The summed E-state index contributed by atoms with van der Waals surface area (Å²) in [6.45, 7) is 1.15. The van der Waals surface area contributed by atoms with Crippen LogP contribution < -0.4 is 10.1 Å². The summed E-state index contributed by atoms with van der Waals surface area (Å²) >= 11 is 4.78. The molecule has 2 amide bonds. The third-order valence-electron chi connectivity index (χ3n) is 6.20. The Hall–Kier alpha value is -3.69. The number of hydrogen-bond acceptors (Lipinski definition) is 6. The van der Waals surface area contributed by atoms with Crippen LogP contribution >= 0.6 is 27.3 Å². The number of nitrogens with zero attached hydrogens (tertiary/aromatic N) is 2. The zero-order chi connectivity index (χ0) is 26.3. The largest absolute Gasteiger partial charge is 0.489 e. The van der Waals surface area contributed by atoms with Gasteiger partial charge < -0.3 is 14.8 Å². The summed E-state index contributed by atoms with van der Waals surface area (Å²) in [6.07, 6.45) is 0.859. The minimum Gasteiger partial charge on any atom is -0.489 e. The molecule has 9 heteroatoms. The molecule has 5 rings (SSSR count). The fourth-order valence-electron chi connectivity index (χ4n) is 4.18. The summed E-state index contributed by atoms with van der Waals surface area (Å²) in [5, 5.41) is 5.26. The van der Waals surface area contributed by atoms with Gasteiger partial charge in [-0.25, -0.2) is 9.78 Å². The van der Waals surface area contributed by atoms with E-state index < -0.39 is 12.1 Å². The minimum atomic E-state index is -0.576. The number of anilines is 1. The molecule has 1 unspecified atom stereocenters. The van der Waals surface area contributed by atoms with Gasteiger partial charge in [-0.1, -0.05) is 58.4 Å². The average Bonchev–Trinajstić information content (AvgIpc) is 3.63. The third-order valence-corrected chi connectivity index (χ3v) is 7.48. The number of likely N-dealkylation sites (tertiary alicyclic amines) is 1. The molecule has 38 heavy (non-hydrogen) atoms. The van der Waals surface area contributed by atoms with Gasteiger partial charge in [0.15, 0.2) is 5.13 Å². The molecule has 194 valence electrons. The maximum Gasteiger partial charge on any atom is 0.410 e. The molecule has 7 nitrogen and oxygen atoms in total. The zero-order valence-corrected chi connectivity index (χ0v) is 22.9. The van der Waals surface area contributed by atoms with Gasteiger partial charge in [0.2, 0.25) is 5.91 Å². The van der Waals surface area contributed by atoms with Crippen LogP contribution in [0, 0.1) is 0 Å². The van der Waals surface area contributed by atoms with Crippen LogP contribution in [0.1, 0.15) is 24.0 Å². The molecule has 1 aromatic heterocycles. The van der Waals surface area contributed by atoms with Gasteiger partial charge in [0.05, 0.1) is 5.69 Å². The highest BCUT2D eigenvalue weighted by Crippen LogP contribution is 2.28. The number of amides is 2. The van der Waals surface area contributed by atoms with E-state index >= 15 is 0 Å². The van der Waals surface area contributed by atoms with Crippen molar-refractivity contribution in [1.29, 1.82) is 0 Å². The van der Waals surface area contributed by atoms with Crippen LogP contribution in [0.2, 0.25) is 0 Å². The number of halogens is 1.